The highest BCUT2D eigenvalue weighted by Crippen LogP contribution is 2.11. The minimum Gasteiger partial charge on any atom is -0.352 e. The Hall–Kier alpha value is -1.35. The zero-order chi connectivity index (χ0) is 11.3. The quantitative estimate of drug-likeness (QED) is 0.783. The summed E-state index contributed by atoms with van der Waals surface area (Å²) >= 11 is 0. The summed E-state index contributed by atoms with van der Waals surface area (Å²) in [4.78, 5) is 11.8. The number of likely N-dealkylation sites (N-methyl/N-ethyl adjacent to an activating group) is 1. The number of benzene rings is 1. The first kappa shape index (κ1) is 11.7. The van der Waals surface area contributed by atoms with Gasteiger partial charge in [-0.05, 0) is 26.5 Å². The van der Waals surface area contributed by atoms with Gasteiger partial charge < -0.3 is 10.6 Å². The predicted octanol–water partition coefficient (Wildman–Crippen LogP) is 1.47. The molecule has 82 valence electrons. The van der Waals surface area contributed by atoms with Crippen molar-refractivity contribution in [2.45, 2.75) is 25.9 Å². The summed E-state index contributed by atoms with van der Waals surface area (Å²) in [6, 6.07) is 9.59. The number of hydrogen-bond donors (Lipinski definition) is 2. The van der Waals surface area contributed by atoms with Crippen molar-refractivity contribution >= 4 is 5.91 Å². The summed E-state index contributed by atoms with van der Waals surface area (Å²) < 4.78 is 0. The lowest BCUT2D eigenvalue weighted by molar-refractivity contribution is -0.123. The van der Waals surface area contributed by atoms with Gasteiger partial charge >= 0.3 is 0 Å². The Bertz CT molecular complexity index is 309. The van der Waals surface area contributed by atoms with E-state index < -0.39 is 0 Å². The summed E-state index contributed by atoms with van der Waals surface area (Å²) in [6.07, 6.45) is 0. The van der Waals surface area contributed by atoms with Gasteiger partial charge in [-0.1, -0.05) is 30.3 Å². The average molecular weight is 206 g/mol. The van der Waals surface area contributed by atoms with Crippen molar-refractivity contribution in [2.75, 3.05) is 7.05 Å². The summed E-state index contributed by atoms with van der Waals surface area (Å²) in [6.45, 7) is 3.91. The largest absolute Gasteiger partial charge is 0.352 e. The van der Waals surface area contributed by atoms with Gasteiger partial charge in [0.1, 0.15) is 6.04 Å². The molecule has 0 aliphatic heterocycles. The molecule has 0 fully saturated rings. The molecule has 0 saturated heterocycles. The van der Waals surface area contributed by atoms with Crippen LogP contribution in [-0.2, 0) is 4.79 Å². The van der Waals surface area contributed by atoms with Gasteiger partial charge in [0.25, 0.3) is 0 Å². The third kappa shape index (κ3) is 3.36. The molecule has 0 radical (unpaired) electrons. The standard InChI is InChI=1S/C12H18N2O/c1-9(2)14-12(15)11(13-3)10-7-5-4-6-8-10/h4-9,11,13H,1-3H3,(H,14,15). The molecule has 0 bridgehead atoms. The number of carbonyl (C=O) groups excluding carboxylic acids is 1. The summed E-state index contributed by atoms with van der Waals surface area (Å²) in [5.74, 6) is 0.0127. The third-order valence-corrected chi connectivity index (χ3v) is 2.11. The molecule has 2 N–H and O–H groups in total. The minimum absolute atomic E-state index is 0.0127. The van der Waals surface area contributed by atoms with Crippen molar-refractivity contribution in [1.29, 1.82) is 0 Å². The van der Waals surface area contributed by atoms with Gasteiger partial charge in [0.05, 0.1) is 0 Å². The lowest BCUT2D eigenvalue weighted by Gasteiger charge is -2.18. The van der Waals surface area contributed by atoms with Crippen LogP contribution in [0.15, 0.2) is 30.3 Å². The van der Waals surface area contributed by atoms with Crippen LogP contribution in [0.4, 0.5) is 0 Å². The van der Waals surface area contributed by atoms with Crippen molar-refractivity contribution in [1.82, 2.24) is 10.6 Å². The molecule has 1 amide bonds. The molecule has 0 aliphatic carbocycles. The molecule has 1 atom stereocenters. The van der Waals surface area contributed by atoms with E-state index in [1.807, 2.05) is 44.2 Å². The Labute approximate surface area is 90.9 Å². The maximum absolute atomic E-state index is 11.8. The summed E-state index contributed by atoms with van der Waals surface area (Å²) in [7, 11) is 1.79. The fourth-order valence-electron chi connectivity index (χ4n) is 1.46. The highest BCUT2D eigenvalue weighted by Gasteiger charge is 2.18. The zero-order valence-electron chi connectivity index (χ0n) is 9.45. The van der Waals surface area contributed by atoms with E-state index in [1.54, 1.807) is 7.05 Å². The zero-order valence-corrected chi connectivity index (χ0v) is 9.45. The van der Waals surface area contributed by atoms with Crippen LogP contribution in [0.1, 0.15) is 25.5 Å². The molecule has 0 saturated carbocycles. The highest BCUT2D eigenvalue weighted by molar-refractivity contribution is 5.83. The molecule has 3 heteroatoms. The van der Waals surface area contributed by atoms with Gasteiger partial charge in [-0.25, -0.2) is 0 Å². The number of amides is 1. The first-order valence-corrected chi connectivity index (χ1v) is 5.17. The maximum Gasteiger partial charge on any atom is 0.241 e. The van der Waals surface area contributed by atoms with Crippen LogP contribution >= 0.6 is 0 Å². The van der Waals surface area contributed by atoms with Crippen LogP contribution in [0, 0.1) is 0 Å². The minimum atomic E-state index is -0.270. The summed E-state index contributed by atoms with van der Waals surface area (Å²) in [5.41, 5.74) is 0.984. The molecule has 0 aliphatic rings. The normalized spacial score (nSPS) is 12.5. The average Bonchev–Trinajstić information content (AvgIpc) is 2.19. The number of nitrogens with one attached hydrogen (secondary N) is 2. The van der Waals surface area contributed by atoms with E-state index in [0.29, 0.717) is 0 Å². The maximum atomic E-state index is 11.8. The highest BCUT2D eigenvalue weighted by atomic mass is 16.2. The monoisotopic (exact) mass is 206 g/mol. The smallest absolute Gasteiger partial charge is 0.241 e. The molecular formula is C12H18N2O. The Morgan fingerprint density at radius 1 is 1.20 bits per heavy atom. The fourth-order valence-corrected chi connectivity index (χ4v) is 1.46. The molecule has 1 aromatic carbocycles. The van der Waals surface area contributed by atoms with Crippen LogP contribution in [0.2, 0.25) is 0 Å². The topological polar surface area (TPSA) is 41.1 Å². The van der Waals surface area contributed by atoms with E-state index in [0.717, 1.165) is 5.56 Å². The second kappa shape index (κ2) is 5.51. The number of hydrogen-bond acceptors (Lipinski definition) is 2. The lowest BCUT2D eigenvalue weighted by Crippen LogP contribution is -2.39. The van der Waals surface area contributed by atoms with Crippen LogP contribution in [0.25, 0.3) is 0 Å². The SMILES string of the molecule is CNC(C(=O)NC(C)C)c1ccccc1. The van der Waals surface area contributed by atoms with Crippen LogP contribution in [-0.4, -0.2) is 19.0 Å². The van der Waals surface area contributed by atoms with Crippen molar-refractivity contribution in [3.05, 3.63) is 35.9 Å². The van der Waals surface area contributed by atoms with E-state index in [-0.39, 0.29) is 18.0 Å². The number of carbonyl (C=O) groups is 1. The van der Waals surface area contributed by atoms with E-state index in [1.165, 1.54) is 0 Å². The van der Waals surface area contributed by atoms with Gasteiger partial charge in [-0.3, -0.25) is 4.79 Å². The third-order valence-electron chi connectivity index (χ3n) is 2.11. The van der Waals surface area contributed by atoms with E-state index in [4.69, 9.17) is 0 Å². The van der Waals surface area contributed by atoms with Gasteiger partial charge in [0.2, 0.25) is 5.91 Å². The van der Waals surface area contributed by atoms with Crippen molar-refractivity contribution in [3.63, 3.8) is 0 Å². The van der Waals surface area contributed by atoms with Crippen molar-refractivity contribution in [3.8, 4) is 0 Å². The predicted molar refractivity (Wildman–Crippen MR) is 61.5 cm³/mol. The first-order chi connectivity index (χ1) is 7.15. The molecule has 1 unspecified atom stereocenters. The van der Waals surface area contributed by atoms with E-state index >= 15 is 0 Å². The molecule has 0 aromatic heterocycles. The number of rotatable bonds is 4. The van der Waals surface area contributed by atoms with Crippen molar-refractivity contribution in [2.24, 2.45) is 0 Å². The van der Waals surface area contributed by atoms with Gasteiger partial charge in [0.15, 0.2) is 0 Å². The molecular weight excluding hydrogens is 188 g/mol. The lowest BCUT2D eigenvalue weighted by atomic mass is 10.1. The molecule has 3 nitrogen and oxygen atoms in total. The Kier molecular flexibility index (Phi) is 4.31. The molecule has 0 spiro atoms. The van der Waals surface area contributed by atoms with E-state index in [9.17, 15) is 4.79 Å². The van der Waals surface area contributed by atoms with Gasteiger partial charge in [-0.15, -0.1) is 0 Å². The Morgan fingerprint density at radius 2 is 1.80 bits per heavy atom. The second-order valence-electron chi connectivity index (χ2n) is 3.80. The molecule has 1 rings (SSSR count). The van der Waals surface area contributed by atoms with Gasteiger partial charge in [0, 0.05) is 6.04 Å². The van der Waals surface area contributed by atoms with Gasteiger partial charge in [-0.2, -0.15) is 0 Å². The van der Waals surface area contributed by atoms with Crippen LogP contribution in [0.3, 0.4) is 0 Å². The molecule has 15 heavy (non-hydrogen) atoms. The molecule has 0 heterocycles. The second-order valence-corrected chi connectivity index (χ2v) is 3.80. The molecule has 1 aromatic rings. The van der Waals surface area contributed by atoms with Crippen LogP contribution < -0.4 is 10.6 Å². The van der Waals surface area contributed by atoms with Crippen molar-refractivity contribution < 1.29 is 4.79 Å². The van der Waals surface area contributed by atoms with E-state index in [2.05, 4.69) is 10.6 Å². The Balaban J connectivity index is 2.76. The van der Waals surface area contributed by atoms with Crippen LogP contribution in [0.5, 0.6) is 0 Å². The Morgan fingerprint density at radius 3 is 2.27 bits per heavy atom. The summed E-state index contributed by atoms with van der Waals surface area (Å²) in [5, 5.41) is 5.90. The first-order valence-electron chi connectivity index (χ1n) is 5.17. The fraction of sp³-hybridized carbons (Fsp3) is 0.417.